The second kappa shape index (κ2) is 11.7. The number of nitrogens with zero attached hydrogens (tertiary/aromatic N) is 5. The molecule has 3 aromatic heterocycles. The molecule has 5 rings (SSSR count). The molecular formula is C29H35N7O2S. The van der Waals surface area contributed by atoms with Crippen LogP contribution in [0.5, 0.6) is 0 Å². The molecule has 0 amide bonds. The highest BCUT2D eigenvalue weighted by molar-refractivity contribution is 7.13. The number of hydrogen-bond acceptors (Lipinski definition) is 9. The van der Waals surface area contributed by atoms with Gasteiger partial charge in [-0.05, 0) is 36.6 Å². The third-order valence-electron chi connectivity index (χ3n) is 6.62. The first-order valence-corrected chi connectivity index (χ1v) is 14.1. The molecule has 1 aromatic carbocycles. The average Bonchev–Trinajstić information content (AvgIpc) is 3.59. The summed E-state index contributed by atoms with van der Waals surface area (Å²) < 4.78 is 7.63. The molecule has 2 N–H and O–H groups in total. The van der Waals surface area contributed by atoms with E-state index in [4.69, 9.17) is 9.72 Å². The first kappa shape index (κ1) is 27.1. The smallest absolute Gasteiger partial charge is 0.227 e. The summed E-state index contributed by atoms with van der Waals surface area (Å²) in [6.45, 7) is 11.5. The van der Waals surface area contributed by atoms with Crippen LogP contribution in [0.3, 0.4) is 0 Å². The summed E-state index contributed by atoms with van der Waals surface area (Å²) in [6.07, 6.45) is 8.44. The Balaban J connectivity index is 1.20. The highest BCUT2D eigenvalue weighted by atomic mass is 32.1. The molecule has 39 heavy (non-hydrogen) atoms. The van der Waals surface area contributed by atoms with Gasteiger partial charge >= 0.3 is 0 Å². The predicted molar refractivity (Wildman–Crippen MR) is 154 cm³/mol. The molecule has 1 aliphatic rings. The Morgan fingerprint density at radius 1 is 1.23 bits per heavy atom. The number of ketones is 1. The van der Waals surface area contributed by atoms with Gasteiger partial charge < -0.3 is 15.4 Å². The number of aryl methyl sites for hydroxylation is 2. The molecule has 0 bridgehead atoms. The Bertz CT molecular complexity index is 1430. The minimum absolute atomic E-state index is 0.0458. The van der Waals surface area contributed by atoms with E-state index in [0.29, 0.717) is 25.3 Å². The number of hydrogen-bond donors (Lipinski definition) is 2. The number of ether oxygens (including phenoxy) is 1. The highest BCUT2D eigenvalue weighted by Crippen LogP contribution is 2.28. The first-order valence-electron chi connectivity index (χ1n) is 13.3. The second-order valence-electron chi connectivity index (χ2n) is 10.9. The van der Waals surface area contributed by atoms with E-state index in [9.17, 15) is 4.79 Å². The number of aromatic nitrogens is 5. The van der Waals surface area contributed by atoms with Crippen LogP contribution in [0.15, 0.2) is 49.1 Å². The van der Waals surface area contributed by atoms with Crippen molar-refractivity contribution in [1.82, 2.24) is 30.0 Å². The normalized spacial score (nSPS) is 15.8. The Morgan fingerprint density at radius 3 is 2.85 bits per heavy atom. The maximum Gasteiger partial charge on any atom is 0.227 e. The number of nitrogens with one attached hydrogen (secondary N) is 2. The van der Waals surface area contributed by atoms with Gasteiger partial charge in [0.05, 0.1) is 46.7 Å². The molecule has 4 aromatic rings. The van der Waals surface area contributed by atoms with E-state index in [0.717, 1.165) is 57.7 Å². The number of rotatable bonds is 9. The monoisotopic (exact) mass is 545 g/mol. The van der Waals surface area contributed by atoms with Crippen LogP contribution in [0, 0.1) is 6.92 Å². The van der Waals surface area contributed by atoms with Crippen LogP contribution in [0.1, 0.15) is 53.0 Å². The van der Waals surface area contributed by atoms with Crippen molar-refractivity contribution >= 4 is 28.8 Å². The van der Waals surface area contributed by atoms with E-state index in [2.05, 4.69) is 71.6 Å². The molecule has 10 heteroatoms. The predicted octanol–water partition coefficient (Wildman–Crippen LogP) is 4.95. The van der Waals surface area contributed by atoms with Crippen LogP contribution in [0.4, 0.5) is 11.6 Å². The zero-order valence-corrected chi connectivity index (χ0v) is 23.7. The lowest BCUT2D eigenvalue weighted by atomic mass is 9.98. The minimum Gasteiger partial charge on any atom is -0.374 e. The lowest BCUT2D eigenvalue weighted by Gasteiger charge is -2.23. The van der Waals surface area contributed by atoms with E-state index in [1.54, 1.807) is 18.6 Å². The fourth-order valence-corrected chi connectivity index (χ4v) is 5.38. The van der Waals surface area contributed by atoms with Gasteiger partial charge in [0, 0.05) is 49.1 Å². The fourth-order valence-electron chi connectivity index (χ4n) is 4.44. The Hall–Kier alpha value is -3.47. The average molecular weight is 546 g/mol. The van der Waals surface area contributed by atoms with Gasteiger partial charge in [-0.1, -0.05) is 32.9 Å². The van der Waals surface area contributed by atoms with E-state index < -0.39 is 0 Å². The number of thiazole rings is 1. The molecule has 1 saturated heterocycles. The van der Waals surface area contributed by atoms with Crippen LogP contribution >= 0.6 is 11.3 Å². The van der Waals surface area contributed by atoms with Gasteiger partial charge in [0.15, 0.2) is 5.78 Å². The highest BCUT2D eigenvalue weighted by Gasteiger charge is 2.20. The van der Waals surface area contributed by atoms with Crippen LogP contribution in [-0.4, -0.2) is 56.3 Å². The zero-order valence-electron chi connectivity index (χ0n) is 22.9. The van der Waals surface area contributed by atoms with Crippen LogP contribution in [0.2, 0.25) is 0 Å². The van der Waals surface area contributed by atoms with Gasteiger partial charge in [0.2, 0.25) is 5.95 Å². The first-order chi connectivity index (χ1) is 18.7. The molecular weight excluding hydrogens is 510 g/mol. The van der Waals surface area contributed by atoms with Gasteiger partial charge in [-0.15, -0.1) is 11.3 Å². The summed E-state index contributed by atoms with van der Waals surface area (Å²) in [6, 6.07) is 8.16. The molecule has 4 heterocycles. The van der Waals surface area contributed by atoms with Gasteiger partial charge in [0.25, 0.3) is 0 Å². The van der Waals surface area contributed by atoms with Crippen molar-refractivity contribution in [3.63, 3.8) is 0 Å². The van der Waals surface area contributed by atoms with Crippen molar-refractivity contribution < 1.29 is 9.53 Å². The SMILES string of the molecule is Cc1cc(-c2ccnc(Nc3cnn(C[C@@H]4CNCCO4)c3)n2)ccc1CCC(=O)c1cnc(C(C)(C)C)s1. The minimum atomic E-state index is -0.0458. The molecule has 1 aliphatic heterocycles. The van der Waals surface area contributed by atoms with Crippen LogP contribution in [-0.2, 0) is 23.1 Å². The Kier molecular flexibility index (Phi) is 8.15. The molecule has 1 fully saturated rings. The molecule has 1 atom stereocenters. The summed E-state index contributed by atoms with van der Waals surface area (Å²) in [4.78, 5) is 27.1. The number of Topliss-reactive ketones (excluding diaryl/α,β-unsaturated/α-hetero) is 1. The van der Waals surface area contributed by atoms with Crippen molar-refractivity contribution in [3.8, 4) is 11.3 Å². The maximum atomic E-state index is 12.8. The molecule has 0 aliphatic carbocycles. The third kappa shape index (κ3) is 6.95. The fraction of sp³-hybridized carbons (Fsp3) is 0.414. The molecule has 204 valence electrons. The molecule has 0 saturated carbocycles. The molecule has 9 nitrogen and oxygen atoms in total. The third-order valence-corrected chi connectivity index (χ3v) is 8.09. The lowest BCUT2D eigenvalue weighted by molar-refractivity contribution is 0.0161. The van der Waals surface area contributed by atoms with Crippen molar-refractivity contribution in [2.24, 2.45) is 0 Å². The summed E-state index contributed by atoms with van der Waals surface area (Å²) in [5.41, 5.74) is 4.89. The van der Waals surface area contributed by atoms with Gasteiger partial charge in [0.1, 0.15) is 0 Å². The van der Waals surface area contributed by atoms with E-state index in [-0.39, 0.29) is 17.3 Å². The number of morpholine rings is 1. The number of anilines is 2. The Labute approximate surface area is 233 Å². The van der Waals surface area contributed by atoms with Crippen molar-refractivity contribution in [1.29, 1.82) is 0 Å². The second-order valence-corrected chi connectivity index (χ2v) is 11.9. The van der Waals surface area contributed by atoms with Crippen molar-refractivity contribution in [2.75, 3.05) is 25.0 Å². The topological polar surface area (TPSA) is 107 Å². The quantitative estimate of drug-likeness (QED) is 0.285. The molecule has 0 unspecified atom stereocenters. The van der Waals surface area contributed by atoms with Gasteiger partial charge in [-0.2, -0.15) is 5.10 Å². The summed E-state index contributed by atoms with van der Waals surface area (Å²) in [5.74, 6) is 0.651. The summed E-state index contributed by atoms with van der Waals surface area (Å²) in [7, 11) is 0. The maximum absolute atomic E-state index is 12.8. The van der Waals surface area contributed by atoms with E-state index >= 15 is 0 Å². The Morgan fingerprint density at radius 2 is 2.10 bits per heavy atom. The van der Waals surface area contributed by atoms with E-state index in [1.807, 2.05) is 16.9 Å². The van der Waals surface area contributed by atoms with Crippen LogP contribution in [0.25, 0.3) is 11.3 Å². The standard InChI is InChI=1S/C29H35N7O2S/c1-19-13-21(6-5-20(19)7-8-25(37)26-16-32-27(39-26)29(2,3)4)24-9-10-31-28(35-24)34-22-14-33-36(17-22)18-23-15-30-11-12-38-23/h5-6,9-10,13-14,16-17,23,30H,7-8,11-12,15,18H2,1-4H3,(H,31,34,35)/t23-/m0/s1. The van der Waals surface area contributed by atoms with Crippen molar-refractivity contribution in [3.05, 3.63) is 70.1 Å². The van der Waals surface area contributed by atoms with Crippen molar-refractivity contribution in [2.45, 2.75) is 58.6 Å². The number of benzene rings is 1. The van der Waals surface area contributed by atoms with Crippen LogP contribution < -0.4 is 10.6 Å². The lowest BCUT2D eigenvalue weighted by Crippen LogP contribution is -2.40. The van der Waals surface area contributed by atoms with Gasteiger partial charge in [-0.25, -0.2) is 15.0 Å². The molecule has 0 spiro atoms. The summed E-state index contributed by atoms with van der Waals surface area (Å²) >= 11 is 1.50. The van der Waals surface area contributed by atoms with Gasteiger partial charge in [-0.3, -0.25) is 9.48 Å². The molecule has 0 radical (unpaired) electrons. The number of carbonyl (C=O) groups is 1. The number of carbonyl (C=O) groups excluding carboxylic acids is 1. The summed E-state index contributed by atoms with van der Waals surface area (Å²) in [5, 5.41) is 12.0. The zero-order chi connectivity index (χ0) is 27.4. The largest absolute Gasteiger partial charge is 0.374 e. The van der Waals surface area contributed by atoms with E-state index in [1.165, 1.54) is 11.3 Å².